The molecule has 0 saturated carbocycles. The molecule has 11 heteroatoms. The van der Waals surface area contributed by atoms with Gasteiger partial charge in [-0.2, -0.15) is 5.10 Å². The van der Waals surface area contributed by atoms with Gasteiger partial charge in [0.2, 0.25) is 5.91 Å². The second kappa shape index (κ2) is 7.21. The van der Waals surface area contributed by atoms with E-state index in [0.717, 1.165) is 39.8 Å². The number of hydrogen-bond donors (Lipinski definition) is 2. The molecular formula is C23H23N7O3S. The molecule has 1 aliphatic rings. The number of rotatable bonds is 4. The van der Waals surface area contributed by atoms with Crippen LogP contribution in [0.15, 0.2) is 27.8 Å². The van der Waals surface area contributed by atoms with Crippen molar-refractivity contribution in [3.63, 3.8) is 0 Å². The molecule has 1 aliphatic heterocycles. The van der Waals surface area contributed by atoms with Crippen LogP contribution in [0.1, 0.15) is 25.3 Å². The van der Waals surface area contributed by atoms with Crippen LogP contribution in [0.3, 0.4) is 0 Å². The maximum absolute atomic E-state index is 13.0. The highest BCUT2D eigenvalue weighted by Gasteiger charge is 2.34. The van der Waals surface area contributed by atoms with Crippen LogP contribution in [0.2, 0.25) is 0 Å². The standard InChI is InChI=1S/C23H23N7O3S/c1-11-17(12(2)33-28-11)15-7-30-22(34-15)18-20(27-30)19-14(26-21(18)32)5-13(6-24-19)25-16(31)8-29-9-23(3,4)10-29/h5-7H,8-10H2,1-4H3,(H,25,31)(H,26,32). The second-order valence-electron chi connectivity index (χ2n) is 9.70. The summed E-state index contributed by atoms with van der Waals surface area (Å²) < 4.78 is 6.99. The smallest absolute Gasteiger partial charge is 0.261 e. The summed E-state index contributed by atoms with van der Waals surface area (Å²) in [4.78, 5) is 36.6. The van der Waals surface area contributed by atoms with E-state index in [-0.39, 0.29) is 16.9 Å². The van der Waals surface area contributed by atoms with Crippen molar-refractivity contribution in [3.8, 4) is 10.4 Å². The minimum atomic E-state index is -0.252. The van der Waals surface area contributed by atoms with Crippen LogP contribution in [-0.4, -0.2) is 55.2 Å². The van der Waals surface area contributed by atoms with Crippen molar-refractivity contribution in [2.75, 3.05) is 25.0 Å². The predicted octanol–water partition coefficient (Wildman–Crippen LogP) is 3.34. The highest BCUT2D eigenvalue weighted by molar-refractivity contribution is 7.21. The van der Waals surface area contributed by atoms with Crippen molar-refractivity contribution in [3.05, 3.63) is 40.3 Å². The second-order valence-corrected chi connectivity index (χ2v) is 10.7. The topological polar surface area (TPSA) is 121 Å². The van der Waals surface area contributed by atoms with Crippen LogP contribution in [-0.2, 0) is 4.79 Å². The SMILES string of the molecule is Cc1noc(C)c1-c1cn2nc3c4ncc(NC(=O)CN5CC(C)(C)C5)cc4[nH]c(=O)c3c2s1. The highest BCUT2D eigenvalue weighted by Crippen LogP contribution is 2.36. The Morgan fingerprint density at radius 3 is 2.79 bits per heavy atom. The van der Waals surface area contributed by atoms with E-state index in [1.165, 1.54) is 11.3 Å². The van der Waals surface area contributed by atoms with Gasteiger partial charge in [-0.05, 0) is 25.3 Å². The normalized spacial score (nSPS) is 15.9. The summed E-state index contributed by atoms with van der Waals surface area (Å²) in [6, 6.07) is 1.73. The summed E-state index contributed by atoms with van der Waals surface area (Å²) in [6.45, 7) is 10.3. The van der Waals surface area contributed by atoms with Gasteiger partial charge in [0.25, 0.3) is 5.56 Å². The number of fused-ring (bicyclic) bond motifs is 5. The Balaban J connectivity index is 1.34. The molecule has 34 heavy (non-hydrogen) atoms. The van der Waals surface area contributed by atoms with E-state index in [1.807, 2.05) is 20.0 Å². The van der Waals surface area contributed by atoms with Gasteiger partial charge in [0.1, 0.15) is 27.0 Å². The zero-order valence-corrected chi connectivity index (χ0v) is 20.0. The maximum atomic E-state index is 13.0. The molecule has 0 atom stereocenters. The van der Waals surface area contributed by atoms with Crippen molar-refractivity contribution in [2.24, 2.45) is 5.41 Å². The molecule has 1 saturated heterocycles. The quantitative estimate of drug-likeness (QED) is 0.407. The van der Waals surface area contributed by atoms with Crippen molar-refractivity contribution in [2.45, 2.75) is 27.7 Å². The molecular weight excluding hydrogens is 454 g/mol. The van der Waals surface area contributed by atoms with E-state index < -0.39 is 0 Å². The molecule has 5 aromatic heterocycles. The first kappa shape index (κ1) is 21.0. The molecule has 0 bridgehead atoms. The first-order valence-corrected chi connectivity index (χ1v) is 11.8. The first-order valence-electron chi connectivity index (χ1n) is 11.0. The number of nitrogens with one attached hydrogen (secondary N) is 2. The van der Waals surface area contributed by atoms with E-state index in [2.05, 4.69) is 44.3 Å². The Morgan fingerprint density at radius 1 is 1.29 bits per heavy atom. The van der Waals surface area contributed by atoms with Crippen LogP contribution < -0.4 is 10.9 Å². The lowest BCUT2D eigenvalue weighted by atomic mass is 9.84. The van der Waals surface area contributed by atoms with E-state index in [4.69, 9.17) is 4.52 Å². The van der Waals surface area contributed by atoms with Gasteiger partial charge >= 0.3 is 0 Å². The minimum absolute atomic E-state index is 0.102. The number of pyridine rings is 2. The number of aromatic nitrogens is 5. The maximum Gasteiger partial charge on any atom is 0.261 e. The minimum Gasteiger partial charge on any atom is -0.361 e. The predicted molar refractivity (Wildman–Crippen MR) is 130 cm³/mol. The molecule has 6 heterocycles. The highest BCUT2D eigenvalue weighted by atomic mass is 32.1. The molecule has 6 rings (SSSR count). The molecule has 1 fully saturated rings. The molecule has 0 aliphatic carbocycles. The fraction of sp³-hybridized carbons (Fsp3) is 0.348. The fourth-order valence-corrected chi connectivity index (χ4v) is 6.08. The average molecular weight is 478 g/mol. The molecule has 0 aromatic carbocycles. The lowest BCUT2D eigenvalue weighted by molar-refractivity contribution is -0.120. The van der Waals surface area contributed by atoms with Gasteiger partial charge in [-0.1, -0.05) is 19.0 Å². The number of aryl methyl sites for hydroxylation is 2. The van der Waals surface area contributed by atoms with Crippen LogP contribution >= 0.6 is 11.3 Å². The Bertz CT molecular complexity index is 1650. The Labute approximate surface area is 197 Å². The van der Waals surface area contributed by atoms with Crippen LogP contribution in [0, 0.1) is 19.3 Å². The van der Waals surface area contributed by atoms with Crippen molar-refractivity contribution >= 4 is 49.7 Å². The van der Waals surface area contributed by atoms with E-state index in [0.29, 0.717) is 34.2 Å². The number of nitrogens with zero attached hydrogens (tertiary/aromatic N) is 5. The molecule has 0 radical (unpaired) electrons. The molecule has 0 unspecified atom stereocenters. The molecule has 10 nitrogen and oxygen atoms in total. The summed E-state index contributed by atoms with van der Waals surface area (Å²) in [7, 11) is 0. The lowest BCUT2D eigenvalue weighted by Gasteiger charge is -2.45. The van der Waals surface area contributed by atoms with Gasteiger partial charge < -0.3 is 14.8 Å². The van der Waals surface area contributed by atoms with Crippen molar-refractivity contribution < 1.29 is 9.32 Å². The van der Waals surface area contributed by atoms with Gasteiger partial charge in [-0.25, -0.2) is 4.52 Å². The molecule has 1 amide bonds. The van der Waals surface area contributed by atoms with Gasteiger partial charge in [0.05, 0.1) is 40.1 Å². The number of anilines is 1. The monoisotopic (exact) mass is 477 g/mol. The number of carbonyl (C=O) groups excluding carboxylic acids is 1. The number of aromatic amines is 1. The van der Waals surface area contributed by atoms with Gasteiger partial charge in [0, 0.05) is 19.3 Å². The van der Waals surface area contributed by atoms with Crippen molar-refractivity contribution in [1.29, 1.82) is 0 Å². The number of hydrogen-bond acceptors (Lipinski definition) is 8. The van der Waals surface area contributed by atoms with Gasteiger partial charge in [-0.3, -0.25) is 19.5 Å². The number of thiazole rings is 1. The van der Waals surface area contributed by atoms with E-state index in [9.17, 15) is 9.59 Å². The zero-order chi connectivity index (χ0) is 23.8. The van der Waals surface area contributed by atoms with Crippen LogP contribution in [0.4, 0.5) is 5.69 Å². The molecule has 2 N–H and O–H groups in total. The third-order valence-electron chi connectivity index (χ3n) is 6.13. The largest absolute Gasteiger partial charge is 0.361 e. The molecule has 5 aromatic rings. The number of likely N-dealkylation sites (tertiary alicyclic amines) is 1. The third-order valence-corrected chi connectivity index (χ3v) is 7.25. The summed E-state index contributed by atoms with van der Waals surface area (Å²) >= 11 is 1.46. The van der Waals surface area contributed by atoms with Crippen molar-refractivity contribution in [1.82, 2.24) is 29.6 Å². The Morgan fingerprint density at radius 2 is 2.09 bits per heavy atom. The third kappa shape index (κ3) is 3.31. The summed E-state index contributed by atoms with van der Waals surface area (Å²) in [5, 5.41) is 12.0. The Hall–Kier alpha value is -3.57. The molecule has 0 spiro atoms. The number of H-pyrrole nitrogens is 1. The summed E-state index contributed by atoms with van der Waals surface area (Å²) in [5.41, 5.74) is 3.88. The first-order chi connectivity index (χ1) is 16.2. The summed E-state index contributed by atoms with van der Waals surface area (Å²) in [5.74, 6) is 0.620. The van der Waals surface area contributed by atoms with Gasteiger partial charge in [-0.15, -0.1) is 11.3 Å². The average Bonchev–Trinajstić information content (AvgIpc) is 3.38. The van der Waals surface area contributed by atoms with E-state index in [1.54, 1.807) is 16.8 Å². The Kier molecular flexibility index (Phi) is 4.45. The number of carbonyl (C=O) groups is 1. The van der Waals surface area contributed by atoms with Gasteiger partial charge in [0.15, 0.2) is 0 Å². The summed E-state index contributed by atoms with van der Waals surface area (Å²) in [6.07, 6.45) is 3.48. The lowest BCUT2D eigenvalue weighted by Crippen LogP contribution is -2.54. The number of amides is 1. The van der Waals surface area contributed by atoms with Crippen LogP contribution in [0.25, 0.3) is 37.2 Å². The van der Waals surface area contributed by atoms with E-state index >= 15 is 0 Å². The zero-order valence-electron chi connectivity index (χ0n) is 19.2. The molecule has 174 valence electrons. The van der Waals surface area contributed by atoms with Crippen LogP contribution in [0.5, 0.6) is 0 Å². The fourth-order valence-electron chi connectivity index (χ4n) is 4.85.